The van der Waals surface area contributed by atoms with Crippen LogP contribution in [0.5, 0.6) is 0 Å². The van der Waals surface area contributed by atoms with Gasteiger partial charge in [0.1, 0.15) is 5.01 Å². The van der Waals surface area contributed by atoms with Crippen LogP contribution in [0.25, 0.3) is 10.6 Å². The monoisotopic (exact) mass is 257 g/mol. The molecule has 2 rings (SSSR count). The molecule has 1 N–H and O–H groups in total. The van der Waals surface area contributed by atoms with Gasteiger partial charge in [-0.2, -0.15) is 0 Å². The zero-order valence-electron chi connectivity index (χ0n) is 9.03. The van der Waals surface area contributed by atoms with Gasteiger partial charge in [-0.25, -0.2) is 0 Å². The molecule has 0 aliphatic carbocycles. The Balaban J connectivity index is 2.11. The molecule has 0 fully saturated rings. The summed E-state index contributed by atoms with van der Waals surface area (Å²) < 4.78 is 5.02. The van der Waals surface area contributed by atoms with Crippen molar-refractivity contribution in [1.82, 2.24) is 15.5 Å². The van der Waals surface area contributed by atoms with Gasteiger partial charge in [0.2, 0.25) is 5.22 Å². The highest BCUT2D eigenvalue weighted by Gasteiger charge is 2.12. The van der Waals surface area contributed by atoms with Crippen LogP contribution in [0.1, 0.15) is 18.9 Å². The summed E-state index contributed by atoms with van der Waals surface area (Å²) in [6.45, 7) is 4.91. The van der Waals surface area contributed by atoms with Crippen molar-refractivity contribution in [3.63, 3.8) is 0 Å². The Morgan fingerprint density at radius 3 is 2.94 bits per heavy atom. The van der Waals surface area contributed by atoms with Crippen LogP contribution >= 0.6 is 22.9 Å². The highest BCUT2D eigenvalue weighted by molar-refractivity contribution is 7.14. The Kier molecular flexibility index (Phi) is 3.58. The van der Waals surface area contributed by atoms with Gasteiger partial charge in [-0.1, -0.05) is 25.2 Å². The van der Waals surface area contributed by atoms with E-state index in [1.165, 1.54) is 11.3 Å². The predicted molar refractivity (Wildman–Crippen MR) is 64.6 cm³/mol. The summed E-state index contributed by atoms with van der Waals surface area (Å²) in [5.41, 5.74) is 0.801. The highest BCUT2D eigenvalue weighted by Crippen LogP contribution is 2.30. The lowest BCUT2D eigenvalue weighted by molar-refractivity contribution is 0.570. The van der Waals surface area contributed by atoms with E-state index in [4.69, 9.17) is 16.0 Å². The molecule has 0 aliphatic rings. The number of hydrogen-bond acceptors (Lipinski definition) is 5. The van der Waals surface area contributed by atoms with Gasteiger partial charge < -0.3 is 9.73 Å². The molecule has 0 amide bonds. The predicted octanol–water partition coefficient (Wildman–Crippen LogP) is 2.95. The molecule has 0 unspecified atom stereocenters. The lowest BCUT2D eigenvalue weighted by Crippen LogP contribution is -2.21. The van der Waals surface area contributed by atoms with Crippen molar-refractivity contribution in [2.24, 2.45) is 0 Å². The molecule has 0 aromatic carbocycles. The lowest BCUT2D eigenvalue weighted by atomic mass is 10.4. The van der Waals surface area contributed by atoms with Crippen LogP contribution in [0.4, 0.5) is 0 Å². The first-order chi connectivity index (χ1) is 7.66. The third kappa shape index (κ3) is 2.61. The van der Waals surface area contributed by atoms with Crippen LogP contribution < -0.4 is 5.32 Å². The number of furan rings is 1. The van der Waals surface area contributed by atoms with Gasteiger partial charge in [-0.15, -0.1) is 10.2 Å². The van der Waals surface area contributed by atoms with Crippen molar-refractivity contribution in [3.8, 4) is 10.6 Å². The number of nitrogens with one attached hydrogen (secondary N) is 1. The highest BCUT2D eigenvalue weighted by atomic mass is 35.5. The number of rotatable bonds is 4. The normalized spacial score (nSPS) is 11.2. The van der Waals surface area contributed by atoms with E-state index in [0.717, 1.165) is 22.1 Å². The second-order valence-electron chi connectivity index (χ2n) is 3.64. The van der Waals surface area contributed by atoms with Crippen LogP contribution in [0.3, 0.4) is 0 Å². The van der Waals surface area contributed by atoms with Gasteiger partial charge in [-0.05, 0) is 17.7 Å². The number of nitrogens with zero attached hydrogens (tertiary/aromatic N) is 2. The number of hydrogen-bond donors (Lipinski definition) is 1. The molecule has 86 valence electrons. The van der Waals surface area contributed by atoms with Gasteiger partial charge in [0.25, 0.3) is 0 Å². The molecule has 0 saturated heterocycles. The second-order valence-corrected chi connectivity index (χ2v) is 5.05. The molecular weight excluding hydrogens is 246 g/mol. The molecule has 0 aliphatic heterocycles. The molecule has 0 spiro atoms. The van der Waals surface area contributed by atoms with Crippen LogP contribution in [0.15, 0.2) is 16.7 Å². The summed E-state index contributed by atoms with van der Waals surface area (Å²) in [6.07, 6.45) is 1.55. The zero-order valence-corrected chi connectivity index (χ0v) is 10.6. The Morgan fingerprint density at radius 1 is 1.50 bits per heavy atom. The average Bonchev–Trinajstić information content (AvgIpc) is 2.83. The van der Waals surface area contributed by atoms with E-state index in [9.17, 15) is 0 Å². The van der Waals surface area contributed by atoms with E-state index in [1.807, 2.05) is 0 Å². The first-order valence-electron chi connectivity index (χ1n) is 4.96. The van der Waals surface area contributed by atoms with E-state index in [1.54, 1.807) is 12.3 Å². The van der Waals surface area contributed by atoms with Gasteiger partial charge >= 0.3 is 0 Å². The maximum atomic E-state index is 5.87. The van der Waals surface area contributed by atoms with Gasteiger partial charge in [-0.3, -0.25) is 0 Å². The van der Waals surface area contributed by atoms with E-state index < -0.39 is 0 Å². The fourth-order valence-corrected chi connectivity index (χ4v) is 2.24. The summed E-state index contributed by atoms with van der Waals surface area (Å²) in [5.74, 6) is 0. The maximum absolute atomic E-state index is 5.87. The first-order valence-corrected chi connectivity index (χ1v) is 6.15. The topological polar surface area (TPSA) is 51.0 Å². The lowest BCUT2D eigenvalue weighted by Gasteiger charge is -2.03. The van der Waals surface area contributed by atoms with Crippen molar-refractivity contribution in [3.05, 3.63) is 22.6 Å². The zero-order chi connectivity index (χ0) is 11.5. The minimum atomic E-state index is 0.361. The van der Waals surface area contributed by atoms with Crippen LogP contribution in [-0.2, 0) is 6.54 Å². The van der Waals surface area contributed by atoms with Crippen LogP contribution in [-0.4, -0.2) is 16.2 Å². The van der Waals surface area contributed by atoms with Gasteiger partial charge in [0, 0.05) is 12.6 Å². The van der Waals surface area contributed by atoms with Gasteiger partial charge in [0.05, 0.1) is 11.8 Å². The summed E-state index contributed by atoms with van der Waals surface area (Å²) in [4.78, 5) is 0. The molecule has 0 radical (unpaired) electrons. The van der Waals surface area contributed by atoms with Crippen molar-refractivity contribution in [2.75, 3.05) is 0 Å². The molecule has 0 bridgehead atoms. The number of halogens is 1. The van der Waals surface area contributed by atoms with E-state index >= 15 is 0 Å². The molecule has 4 nitrogen and oxygen atoms in total. The Labute approximate surface area is 103 Å². The summed E-state index contributed by atoms with van der Waals surface area (Å²) in [5, 5.41) is 13.6. The molecule has 0 atom stereocenters. The van der Waals surface area contributed by atoms with Crippen molar-refractivity contribution >= 4 is 22.9 Å². The van der Waals surface area contributed by atoms with Crippen molar-refractivity contribution < 1.29 is 4.42 Å². The van der Waals surface area contributed by atoms with E-state index in [0.29, 0.717) is 11.3 Å². The fourth-order valence-electron chi connectivity index (χ4n) is 1.17. The van der Waals surface area contributed by atoms with Crippen molar-refractivity contribution in [1.29, 1.82) is 0 Å². The van der Waals surface area contributed by atoms with Crippen LogP contribution in [0, 0.1) is 0 Å². The average molecular weight is 258 g/mol. The standard InChI is InChI=1S/C10H12ClN3OS/c1-6(2)12-5-8-13-14-10(16-8)7-3-4-15-9(7)11/h3-4,6,12H,5H2,1-2H3. The molecule has 6 heteroatoms. The number of aromatic nitrogens is 2. The molecule has 0 saturated carbocycles. The Hall–Kier alpha value is -0.910. The first kappa shape index (κ1) is 11.6. The van der Waals surface area contributed by atoms with E-state index in [-0.39, 0.29) is 0 Å². The SMILES string of the molecule is CC(C)NCc1nnc(-c2ccoc2Cl)s1. The van der Waals surface area contributed by atoms with Crippen LogP contribution in [0.2, 0.25) is 5.22 Å². The quantitative estimate of drug-likeness (QED) is 0.915. The minimum absolute atomic E-state index is 0.361. The van der Waals surface area contributed by atoms with Gasteiger partial charge in [0.15, 0.2) is 5.01 Å². The molecule has 16 heavy (non-hydrogen) atoms. The largest absolute Gasteiger partial charge is 0.452 e. The summed E-state index contributed by atoms with van der Waals surface area (Å²) in [7, 11) is 0. The fraction of sp³-hybridized carbons (Fsp3) is 0.400. The maximum Gasteiger partial charge on any atom is 0.203 e. The summed E-state index contributed by atoms with van der Waals surface area (Å²) in [6, 6.07) is 2.23. The Bertz CT molecular complexity index is 466. The molecular formula is C10H12ClN3OS. The molecule has 2 aromatic rings. The summed E-state index contributed by atoms with van der Waals surface area (Å²) >= 11 is 7.39. The molecule has 2 aromatic heterocycles. The smallest absolute Gasteiger partial charge is 0.203 e. The molecule has 2 heterocycles. The van der Waals surface area contributed by atoms with Crippen molar-refractivity contribution in [2.45, 2.75) is 26.4 Å². The second kappa shape index (κ2) is 4.95. The minimum Gasteiger partial charge on any atom is -0.452 e. The third-order valence-corrected chi connectivity index (χ3v) is 3.23. The Morgan fingerprint density at radius 2 is 2.31 bits per heavy atom. The third-order valence-electron chi connectivity index (χ3n) is 1.98. The van der Waals surface area contributed by atoms with E-state index in [2.05, 4.69) is 29.4 Å².